The van der Waals surface area contributed by atoms with Crippen LogP contribution in [0.4, 0.5) is 19.0 Å². The Kier molecular flexibility index (Phi) is 6.60. The van der Waals surface area contributed by atoms with Crippen molar-refractivity contribution in [3.05, 3.63) is 35.1 Å². The van der Waals surface area contributed by atoms with Crippen molar-refractivity contribution < 1.29 is 32.5 Å². The normalized spacial score (nSPS) is 22.0. The fourth-order valence-electron chi connectivity index (χ4n) is 3.54. The van der Waals surface area contributed by atoms with Crippen LogP contribution >= 0.6 is 11.6 Å². The molecule has 2 atom stereocenters. The molecule has 0 radical (unpaired) electrons. The summed E-state index contributed by atoms with van der Waals surface area (Å²) >= 11 is 6.15. The summed E-state index contributed by atoms with van der Waals surface area (Å²) in [7, 11) is 1.21. The highest BCUT2D eigenvalue weighted by Gasteiger charge is 2.71. The Hall–Kier alpha value is -1.82. The molecule has 0 saturated heterocycles. The second kappa shape index (κ2) is 8.51. The number of aliphatic hydroxyl groups is 1. The van der Waals surface area contributed by atoms with Gasteiger partial charge in [0.1, 0.15) is 30.6 Å². The first-order valence-corrected chi connectivity index (χ1v) is 10.6. The van der Waals surface area contributed by atoms with Gasteiger partial charge in [-0.2, -0.15) is 18.6 Å². The van der Waals surface area contributed by atoms with Gasteiger partial charge in [0.15, 0.2) is 0 Å². The van der Waals surface area contributed by atoms with Crippen molar-refractivity contribution in [3.63, 3.8) is 0 Å². The van der Waals surface area contributed by atoms with Crippen molar-refractivity contribution in [1.29, 1.82) is 0 Å². The molecule has 12 heteroatoms. The number of hydrazine groups is 1. The number of nitrogens with one attached hydrogen (secondary N) is 1. The Bertz CT molecular complexity index is 901. The molecule has 2 heterocycles. The minimum atomic E-state index is -4.45. The van der Waals surface area contributed by atoms with E-state index in [1.54, 1.807) is 39.1 Å². The number of nitrogens with zero attached hydrogens (tertiary/aromatic N) is 2. The minimum absolute atomic E-state index is 0.0331. The fourth-order valence-corrected chi connectivity index (χ4v) is 3.77. The highest BCUT2D eigenvalue weighted by molar-refractivity contribution is 6.32. The Morgan fingerprint density at radius 1 is 1.38 bits per heavy atom. The van der Waals surface area contributed by atoms with Crippen molar-refractivity contribution >= 4 is 31.2 Å². The number of carbonyl (C=O) groups excluding carboxylic acids is 1. The van der Waals surface area contributed by atoms with Gasteiger partial charge in [-0.3, -0.25) is 5.01 Å². The van der Waals surface area contributed by atoms with Gasteiger partial charge in [-0.15, -0.1) is 0 Å². The first-order chi connectivity index (χ1) is 14.7. The molecule has 0 bridgehead atoms. The number of hydrogen-bond acceptors (Lipinski definition) is 7. The average molecular weight is 476 g/mol. The van der Waals surface area contributed by atoms with Crippen LogP contribution < -0.4 is 10.4 Å². The lowest BCUT2D eigenvalue weighted by Gasteiger charge is -2.35. The van der Waals surface area contributed by atoms with Crippen LogP contribution in [0.25, 0.3) is 0 Å². The zero-order valence-electron chi connectivity index (χ0n) is 18.3. The van der Waals surface area contributed by atoms with E-state index in [1.165, 1.54) is 18.9 Å². The van der Waals surface area contributed by atoms with Crippen LogP contribution in [-0.2, 0) is 9.47 Å². The van der Waals surface area contributed by atoms with Crippen LogP contribution in [0.15, 0.2) is 24.4 Å². The van der Waals surface area contributed by atoms with Gasteiger partial charge in [-0.05, 0) is 58.2 Å². The van der Waals surface area contributed by atoms with E-state index in [1.807, 2.05) is 0 Å². The molecular weight excluding hydrogens is 449 g/mol. The van der Waals surface area contributed by atoms with Crippen molar-refractivity contribution in [2.24, 2.45) is 5.41 Å². The topological polar surface area (TPSA) is 83.9 Å². The molecule has 176 valence electrons. The van der Waals surface area contributed by atoms with E-state index < -0.39 is 34.9 Å². The van der Waals surface area contributed by atoms with E-state index in [2.05, 4.69) is 10.4 Å². The highest BCUT2D eigenvalue weighted by Crippen LogP contribution is 2.63. The molecule has 1 saturated carbocycles. The Morgan fingerprint density at radius 2 is 2.03 bits per heavy atom. The molecule has 2 N–H and O–H groups in total. The third kappa shape index (κ3) is 5.22. The average Bonchev–Trinajstić information content (AvgIpc) is 3.35. The number of halogens is 4. The molecule has 2 aliphatic rings. The molecule has 0 aromatic carbocycles. The number of ether oxygens (including phenoxy) is 2. The standard InChI is InChI=1S/C20H26BClF3N3O4/c1-17(2,3)32-16(29)12-4-5-13(26-15(12)22)28-10-6-14(27-28)31-11-9-19(21,30)18(7-8-18)20(23,24)25/h4-6,10,14,27,30H,7-9,11,21H2,1-3H3. The fraction of sp³-hybridized carbons (Fsp3) is 0.600. The highest BCUT2D eigenvalue weighted by atomic mass is 35.5. The summed E-state index contributed by atoms with van der Waals surface area (Å²) in [4.78, 5) is 16.4. The summed E-state index contributed by atoms with van der Waals surface area (Å²) in [5.74, 6) is -0.210. The van der Waals surface area contributed by atoms with E-state index in [0.29, 0.717) is 5.82 Å². The number of alkyl halides is 3. The predicted molar refractivity (Wildman–Crippen MR) is 115 cm³/mol. The summed E-state index contributed by atoms with van der Waals surface area (Å²) in [5, 5.41) is 11.9. The Balaban J connectivity index is 1.53. The third-order valence-electron chi connectivity index (χ3n) is 5.59. The molecule has 0 spiro atoms. The lowest BCUT2D eigenvalue weighted by Crippen LogP contribution is -2.49. The van der Waals surface area contributed by atoms with E-state index in [4.69, 9.17) is 21.1 Å². The molecule has 2 unspecified atom stereocenters. The summed E-state index contributed by atoms with van der Waals surface area (Å²) < 4.78 is 50.7. The van der Waals surface area contributed by atoms with Gasteiger partial charge in [0.2, 0.25) is 0 Å². The van der Waals surface area contributed by atoms with Gasteiger partial charge >= 0.3 is 12.1 Å². The molecule has 1 aromatic heterocycles. The summed E-state index contributed by atoms with van der Waals surface area (Å²) in [5.41, 5.74) is -1.55. The van der Waals surface area contributed by atoms with Crippen LogP contribution in [0, 0.1) is 5.41 Å². The number of esters is 1. The van der Waals surface area contributed by atoms with Crippen LogP contribution in [0.5, 0.6) is 0 Å². The summed E-state index contributed by atoms with van der Waals surface area (Å²) in [6.07, 6.45) is -2.13. The van der Waals surface area contributed by atoms with Crippen LogP contribution in [0.2, 0.25) is 5.15 Å². The molecule has 32 heavy (non-hydrogen) atoms. The van der Waals surface area contributed by atoms with E-state index >= 15 is 0 Å². The quantitative estimate of drug-likeness (QED) is 0.356. The van der Waals surface area contributed by atoms with Crippen molar-refractivity contribution in [3.8, 4) is 0 Å². The third-order valence-corrected chi connectivity index (χ3v) is 5.87. The van der Waals surface area contributed by atoms with Crippen LogP contribution in [-0.4, -0.2) is 54.0 Å². The summed E-state index contributed by atoms with van der Waals surface area (Å²) in [6, 6.07) is 3.06. The molecule has 1 aromatic rings. The maximum atomic E-state index is 13.3. The van der Waals surface area contributed by atoms with Gasteiger partial charge in [0.25, 0.3) is 0 Å². The van der Waals surface area contributed by atoms with E-state index in [-0.39, 0.29) is 36.6 Å². The number of carbonyl (C=O) groups is 1. The molecule has 3 rings (SSSR count). The van der Waals surface area contributed by atoms with Gasteiger partial charge in [0, 0.05) is 11.7 Å². The van der Waals surface area contributed by atoms with Crippen molar-refractivity contribution in [2.75, 3.05) is 11.6 Å². The molecule has 0 amide bonds. The van der Waals surface area contributed by atoms with Crippen LogP contribution in [0.3, 0.4) is 0 Å². The van der Waals surface area contributed by atoms with Crippen LogP contribution in [0.1, 0.15) is 50.4 Å². The Labute approximate surface area is 190 Å². The minimum Gasteiger partial charge on any atom is -0.456 e. The lowest BCUT2D eigenvalue weighted by molar-refractivity contribution is -0.226. The molecule has 1 fully saturated rings. The van der Waals surface area contributed by atoms with E-state index in [0.717, 1.165) is 0 Å². The maximum absolute atomic E-state index is 13.3. The molecule has 1 aliphatic carbocycles. The molecule has 1 aliphatic heterocycles. The maximum Gasteiger partial charge on any atom is 0.396 e. The second-order valence-corrected chi connectivity index (χ2v) is 9.60. The number of rotatable bonds is 7. The number of pyridine rings is 1. The smallest absolute Gasteiger partial charge is 0.396 e. The SMILES string of the molecule is BC(O)(CCOC1C=CN(c2ccc(C(=O)OC(C)(C)C)c(Cl)n2)N1)C1(C(F)(F)F)CC1. The number of aromatic nitrogens is 1. The zero-order valence-corrected chi connectivity index (χ0v) is 19.0. The first-order valence-electron chi connectivity index (χ1n) is 10.2. The van der Waals surface area contributed by atoms with Gasteiger partial charge in [0.05, 0.1) is 17.6 Å². The lowest BCUT2D eigenvalue weighted by atomic mass is 9.66. The monoisotopic (exact) mass is 475 g/mol. The molecule has 7 nitrogen and oxygen atoms in total. The molecular formula is C20H26BClF3N3O4. The first kappa shape index (κ1) is 24.8. The van der Waals surface area contributed by atoms with Crippen molar-refractivity contribution in [2.45, 2.75) is 63.5 Å². The second-order valence-electron chi connectivity index (χ2n) is 9.25. The number of anilines is 1. The van der Waals surface area contributed by atoms with Gasteiger partial charge in [-0.25, -0.2) is 9.78 Å². The van der Waals surface area contributed by atoms with Gasteiger partial charge < -0.3 is 14.6 Å². The number of hydrogen-bond donors (Lipinski definition) is 2. The summed E-state index contributed by atoms with van der Waals surface area (Å²) in [6.45, 7) is 5.15. The largest absolute Gasteiger partial charge is 0.456 e. The predicted octanol–water partition coefficient (Wildman–Crippen LogP) is 2.93. The van der Waals surface area contributed by atoms with Crippen molar-refractivity contribution in [1.82, 2.24) is 10.4 Å². The van der Waals surface area contributed by atoms with E-state index in [9.17, 15) is 23.1 Å². The Morgan fingerprint density at radius 3 is 2.56 bits per heavy atom. The van der Waals surface area contributed by atoms with Gasteiger partial charge in [-0.1, -0.05) is 11.6 Å². The zero-order chi connectivity index (χ0) is 23.9.